The van der Waals surface area contributed by atoms with Gasteiger partial charge in [0.1, 0.15) is 6.33 Å². The maximum atomic E-state index is 9.59. The summed E-state index contributed by atoms with van der Waals surface area (Å²) in [4.78, 5) is 0. The van der Waals surface area contributed by atoms with E-state index in [0.29, 0.717) is 10.6 Å². The molecule has 1 aromatic heterocycles. The maximum absolute atomic E-state index is 9.59. The standard InChI is InChI=1S/C9H9ClN4O/c1-6(15)8-4-7(10)2-3-9(8)14-5-11-12-13-14/h2-6,15H,1H3. The van der Waals surface area contributed by atoms with Crippen LogP contribution in [0.3, 0.4) is 0 Å². The fourth-order valence-electron chi connectivity index (χ4n) is 1.34. The smallest absolute Gasteiger partial charge is 0.143 e. The van der Waals surface area contributed by atoms with Gasteiger partial charge in [0.25, 0.3) is 0 Å². The molecule has 78 valence electrons. The van der Waals surface area contributed by atoms with Gasteiger partial charge in [0.2, 0.25) is 0 Å². The minimum atomic E-state index is -0.622. The molecule has 1 unspecified atom stereocenters. The second-order valence-electron chi connectivity index (χ2n) is 3.13. The van der Waals surface area contributed by atoms with Gasteiger partial charge in [-0.05, 0) is 35.5 Å². The molecule has 0 amide bonds. The number of halogens is 1. The molecule has 0 saturated heterocycles. The van der Waals surface area contributed by atoms with Crippen LogP contribution in [0.5, 0.6) is 0 Å². The van der Waals surface area contributed by atoms with Gasteiger partial charge < -0.3 is 5.11 Å². The Bertz CT molecular complexity index is 455. The van der Waals surface area contributed by atoms with E-state index < -0.39 is 6.10 Å². The van der Waals surface area contributed by atoms with Crippen molar-refractivity contribution in [3.8, 4) is 5.69 Å². The first kappa shape index (κ1) is 10.1. The molecule has 0 fully saturated rings. The van der Waals surface area contributed by atoms with E-state index in [1.807, 2.05) is 0 Å². The molecule has 0 aliphatic heterocycles. The Balaban J connectivity index is 2.56. The van der Waals surface area contributed by atoms with Gasteiger partial charge in [-0.2, -0.15) is 0 Å². The van der Waals surface area contributed by atoms with E-state index in [1.54, 1.807) is 25.1 Å². The molecular weight excluding hydrogens is 216 g/mol. The van der Waals surface area contributed by atoms with Crippen molar-refractivity contribution < 1.29 is 5.11 Å². The molecule has 1 aromatic carbocycles. The molecule has 0 bridgehead atoms. The summed E-state index contributed by atoms with van der Waals surface area (Å²) < 4.78 is 1.48. The highest BCUT2D eigenvalue weighted by Gasteiger charge is 2.10. The number of hydrogen-bond donors (Lipinski definition) is 1. The van der Waals surface area contributed by atoms with E-state index >= 15 is 0 Å². The summed E-state index contributed by atoms with van der Waals surface area (Å²) in [5.41, 5.74) is 1.41. The summed E-state index contributed by atoms with van der Waals surface area (Å²) in [5.74, 6) is 0. The van der Waals surface area contributed by atoms with Crippen LogP contribution < -0.4 is 0 Å². The van der Waals surface area contributed by atoms with Crippen LogP contribution in [0, 0.1) is 0 Å². The van der Waals surface area contributed by atoms with Gasteiger partial charge in [-0.15, -0.1) is 5.10 Å². The minimum absolute atomic E-state index is 0.572. The summed E-state index contributed by atoms with van der Waals surface area (Å²) in [5, 5.41) is 21.0. The predicted octanol–water partition coefficient (Wildman–Crippen LogP) is 1.37. The molecule has 1 heterocycles. The molecule has 5 nitrogen and oxygen atoms in total. The Labute approximate surface area is 91.3 Å². The van der Waals surface area contributed by atoms with Crippen molar-refractivity contribution >= 4 is 11.6 Å². The topological polar surface area (TPSA) is 63.8 Å². The van der Waals surface area contributed by atoms with Crippen LogP contribution in [0.15, 0.2) is 24.5 Å². The number of aliphatic hydroxyl groups excluding tert-OH is 1. The number of aliphatic hydroxyl groups is 1. The normalized spacial score (nSPS) is 12.7. The van der Waals surface area contributed by atoms with E-state index in [9.17, 15) is 5.11 Å². The number of hydrogen-bond acceptors (Lipinski definition) is 4. The molecule has 0 saturated carbocycles. The van der Waals surface area contributed by atoms with Crippen LogP contribution in [-0.4, -0.2) is 25.3 Å². The molecule has 2 aromatic rings. The van der Waals surface area contributed by atoms with Crippen LogP contribution >= 0.6 is 11.6 Å². The second-order valence-corrected chi connectivity index (χ2v) is 3.57. The van der Waals surface area contributed by atoms with Gasteiger partial charge in [0, 0.05) is 10.6 Å². The highest BCUT2D eigenvalue weighted by molar-refractivity contribution is 6.30. The summed E-state index contributed by atoms with van der Waals surface area (Å²) in [7, 11) is 0. The lowest BCUT2D eigenvalue weighted by atomic mass is 10.1. The van der Waals surface area contributed by atoms with Crippen LogP contribution in [0.4, 0.5) is 0 Å². The van der Waals surface area contributed by atoms with Gasteiger partial charge >= 0.3 is 0 Å². The fraction of sp³-hybridized carbons (Fsp3) is 0.222. The molecule has 0 radical (unpaired) electrons. The van der Waals surface area contributed by atoms with Crippen molar-refractivity contribution in [3.63, 3.8) is 0 Å². The van der Waals surface area contributed by atoms with Crippen LogP contribution in [0.2, 0.25) is 5.02 Å². The molecular formula is C9H9ClN4O. The first-order valence-corrected chi connectivity index (χ1v) is 4.77. The van der Waals surface area contributed by atoms with Crippen molar-refractivity contribution in [2.24, 2.45) is 0 Å². The largest absolute Gasteiger partial charge is 0.389 e. The van der Waals surface area contributed by atoms with Gasteiger partial charge in [0.15, 0.2) is 0 Å². The molecule has 1 N–H and O–H groups in total. The van der Waals surface area contributed by atoms with Crippen molar-refractivity contribution in [1.82, 2.24) is 20.2 Å². The van der Waals surface area contributed by atoms with E-state index in [-0.39, 0.29) is 0 Å². The van der Waals surface area contributed by atoms with E-state index in [2.05, 4.69) is 15.5 Å². The molecule has 0 spiro atoms. The van der Waals surface area contributed by atoms with Gasteiger partial charge in [-0.3, -0.25) is 0 Å². The zero-order chi connectivity index (χ0) is 10.8. The summed E-state index contributed by atoms with van der Waals surface area (Å²) in [6, 6.07) is 5.19. The SMILES string of the molecule is CC(O)c1cc(Cl)ccc1-n1cnnn1. The van der Waals surface area contributed by atoms with Crippen LogP contribution in [0.25, 0.3) is 5.69 Å². The average Bonchev–Trinajstić information content (AvgIpc) is 2.70. The summed E-state index contributed by atoms with van der Waals surface area (Å²) in [6.45, 7) is 1.67. The highest BCUT2D eigenvalue weighted by Crippen LogP contribution is 2.24. The quantitative estimate of drug-likeness (QED) is 0.837. The predicted molar refractivity (Wildman–Crippen MR) is 54.8 cm³/mol. The molecule has 0 aliphatic carbocycles. The number of aromatic nitrogens is 4. The Hall–Kier alpha value is -1.46. The second kappa shape index (κ2) is 3.96. The average molecular weight is 225 g/mol. The minimum Gasteiger partial charge on any atom is -0.389 e. The van der Waals surface area contributed by atoms with E-state index in [4.69, 9.17) is 11.6 Å². The zero-order valence-corrected chi connectivity index (χ0v) is 8.76. The number of tetrazole rings is 1. The van der Waals surface area contributed by atoms with Crippen LogP contribution in [0.1, 0.15) is 18.6 Å². The molecule has 6 heteroatoms. The van der Waals surface area contributed by atoms with Crippen molar-refractivity contribution in [2.75, 3.05) is 0 Å². The first-order chi connectivity index (χ1) is 7.18. The summed E-state index contributed by atoms with van der Waals surface area (Å²) >= 11 is 5.85. The van der Waals surface area contributed by atoms with Gasteiger partial charge in [-0.25, -0.2) is 4.68 Å². The lowest BCUT2D eigenvalue weighted by molar-refractivity contribution is 0.199. The molecule has 15 heavy (non-hydrogen) atoms. The number of nitrogens with zero attached hydrogens (tertiary/aromatic N) is 4. The van der Waals surface area contributed by atoms with Crippen molar-refractivity contribution in [2.45, 2.75) is 13.0 Å². The third-order valence-electron chi connectivity index (χ3n) is 2.04. The fourth-order valence-corrected chi connectivity index (χ4v) is 1.52. The molecule has 2 rings (SSSR count). The summed E-state index contributed by atoms with van der Waals surface area (Å²) in [6.07, 6.45) is 0.845. The Morgan fingerprint density at radius 1 is 1.47 bits per heavy atom. The van der Waals surface area contributed by atoms with E-state index in [0.717, 1.165) is 5.69 Å². The monoisotopic (exact) mass is 224 g/mol. The zero-order valence-electron chi connectivity index (χ0n) is 8.00. The first-order valence-electron chi connectivity index (χ1n) is 4.39. The Kier molecular flexibility index (Phi) is 2.66. The van der Waals surface area contributed by atoms with Gasteiger partial charge in [0.05, 0.1) is 11.8 Å². The molecule has 1 atom stereocenters. The lowest BCUT2D eigenvalue weighted by Gasteiger charge is -2.11. The van der Waals surface area contributed by atoms with Crippen molar-refractivity contribution in [3.05, 3.63) is 35.1 Å². The third kappa shape index (κ3) is 1.98. The molecule has 0 aliphatic rings. The van der Waals surface area contributed by atoms with Gasteiger partial charge in [-0.1, -0.05) is 11.6 Å². The Morgan fingerprint density at radius 3 is 2.87 bits per heavy atom. The lowest BCUT2D eigenvalue weighted by Crippen LogP contribution is -2.03. The van der Waals surface area contributed by atoms with E-state index in [1.165, 1.54) is 11.0 Å². The Morgan fingerprint density at radius 2 is 2.27 bits per heavy atom. The van der Waals surface area contributed by atoms with Crippen LogP contribution in [-0.2, 0) is 0 Å². The van der Waals surface area contributed by atoms with Crippen molar-refractivity contribution in [1.29, 1.82) is 0 Å². The third-order valence-corrected chi connectivity index (χ3v) is 2.27. The number of benzene rings is 1. The number of rotatable bonds is 2. The maximum Gasteiger partial charge on any atom is 0.143 e. The highest BCUT2D eigenvalue weighted by atomic mass is 35.5.